The van der Waals surface area contributed by atoms with E-state index in [1.807, 2.05) is 6.07 Å². The van der Waals surface area contributed by atoms with E-state index in [4.69, 9.17) is 16.3 Å². The Labute approximate surface area is 85.9 Å². The van der Waals surface area contributed by atoms with Crippen LogP contribution < -0.4 is 4.74 Å². The second-order valence-corrected chi connectivity index (χ2v) is 3.04. The minimum Gasteiger partial charge on any atom is -0.480 e. The van der Waals surface area contributed by atoms with Crippen LogP contribution in [-0.4, -0.2) is 22.1 Å². The Morgan fingerprint density at radius 3 is 2.93 bits per heavy atom. The molecule has 5 heteroatoms. The van der Waals surface area contributed by atoms with Gasteiger partial charge in [-0.05, 0) is 12.1 Å². The maximum absolute atomic E-state index is 5.74. The number of pyridine rings is 1. The zero-order valence-corrected chi connectivity index (χ0v) is 8.25. The van der Waals surface area contributed by atoms with Gasteiger partial charge in [-0.25, -0.2) is 9.97 Å². The van der Waals surface area contributed by atoms with Gasteiger partial charge in [0.25, 0.3) is 0 Å². The van der Waals surface area contributed by atoms with E-state index >= 15 is 0 Å². The second-order valence-electron chi connectivity index (χ2n) is 2.66. The lowest BCUT2D eigenvalue weighted by molar-refractivity contribution is 0.399. The van der Waals surface area contributed by atoms with Crippen LogP contribution in [0.3, 0.4) is 0 Å². The molecule has 0 spiro atoms. The molecular weight excluding hydrogens is 202 g/mol. The molecule has 0 saturated carbocycles. The van der Waals surface area contributed by atoms with Crippen LogP contribution in [0.1, 0.15) is 0 Å². The number of nitrogens with zero attached hydrogens (tertiary/aromatic N) is 2. The van der Waals surface area contributed by atoms with Crippen LogP contribution in [0.4, 0.5) is 0 Å². The number of hydrogen-bond donors (Lipinski definition) is 1. The van der Waals surface area contributed by atoms with Gasteiger partial charge in [0, 0.05) is 0 Å². The van der Waals surface area contributed by atoms with Gasteiger partial charge in [0.2, 0.25) is 5.88 Å². The first-order valence-electron chi connectivity index (χ1n) is 4.00. The molecule has 0 radical (unpaired) electrons. The maximum atomic E-state index is 5.74. The quantitative estimate of drug-likeness (QED) is 0.771. The summed E-state index contributed by atoms with van der Waals surface area (Å²) in [6.07, 6.45) is 3.30. The van der Waals surface area contributed by atoms with E-state index in [0.29, 0.717) is 11.0 Å². The Kier molecular flexibility index (Phi) is 2.37. The molecule has 0 aliphatic carbocycles. The number of methoxy groups -OCH3 is 1. The fraction of sp³-hybridized carbons (Fsp3) is 0.111. The fourth-order valence-electron chi connectivity index (χ4n) is 1.18. The lowest BCUT2D eigenvalue weighted by atomic mass is 10.2. The smallest absolute Gasteiger partial charge is 0.224 e. The number of nitrogens with one attached hydrogen (secondary N) is 1. The molecule has 2 aromatic rings. The lowest BCUT2D eigenvalue weighted by Gasteiger charge is -2.04. The highest BCUT2D eigenvalue weighted by Crippen LogP contribution is 2.27. The minimum absolute atomic E-state index is 0.408. The minimum atomic E-state index is 0.408. The maximum Gasteiger partial charge on any atom is 0.224 e. The van der Waals surface area contributed by atoms with E-state index < -0.39 is 0 Å². The largest absolute Gasteiger partial charge is 0.480 e. The highest BCUT2D eigenvalue weighted by molar-refractivity contribution is 6.29. The first kappa shape index (κ1) is 9.02. The topological polar surface area (TPSA) is 50.8 Å². The summed E-state index contributed by atoms with van der Waals surface area (Å²) < 4.78 is 5.11. The van der Waals surface area contributed by atoms with Gasteiger partial charge >= 0.3 is 0 Å². The highest BCUT2D eigenvalue weighted by Gasteiger charge is 2.08. The molecule has 1 N–H and O–H groups in total. The van der Waals surface area contributed by atoms with Gasteiger partial charge < -0.3 is 9.72 Å². The summed E-state index contributed by atoms with van der Waals surface area (Å²) in [4.78, 5) is 10.9. The molecule has 2 aromatic heterocycles. The van der Waals surface area contributed by atoms with Crippen molar-refractivity contribution in [1.29, 1.82) is 0 Å². The van der Waals surface area contributed by atoms with Crippen molar-refractivity contribution >= 4 is 11.6 Å². The van der Waals surface area contributed by atoms with Gasteiger partial charge in [0.15, 0.2) is 0 Å². The molecular formula is C9H8ClN3O. The zero-order valence-electron chi connectivity index (χ0n) is 7.49. The molecule has 0 atom stereocenters. The van der Waals surface area contributed by atoms with Gasteiger partial charge in [0.05, 0.1) is 30.9 Å². The summed E-state index contributed by atoms with van der Waals surface area (Å²) in [5, 5.41) is 0.408. The predicted octanol–water partition coefficient (Wildman–Crippen LogP) is 2.13. The molecule has 0 aliphatic heterocycles. The van der Waals surface area contributed by atoms with E-state index in [9.17, 15) is 0 Å². The Morgan fingerprint density at radius 2 is 2.29 bits per heavy atom. The standard InChI is InChI=1S/C9H8ClN3O/c1-14-9-6(2-3-8(10)13-9)7-4-11-5-12-7/h2-5H,1H3,(H,11,12). The van der Waals surface area contributed by atoms with Gasteiger partial charge in [-0.2, -0.15) is 0 Å². The first-order valence-corrected chi connectivity index (χ1v) is 4.38. The van der Waals surface area contributed by atoms with Crippen molar-refractivity contribution in [2.75, 3.05) is 7.11 Å². The molecule has 0 aliphatic rings. The number of imidazole rings is 1. The molecule has 0 bridgehead atoms. The van der Waals surface area contributed by atoms with Crippen molar-refractivity contribution in [1.82, 2.24) is 15.0 Å². The summed E-state index contributed by atoms with van der Waals surface area (Å²) in [5.41, 5.74) is 1.69. The Hall–Kier alpha value is -1.55. The molecule has 0 fully saturated rings. The average molecular weight is 210 g/mol. The summed E-state index contributed by atoms with van der Waals surface area (Å²) in [7, 11) is 1.55. The van der Waals surface area contributed by atoms with Crippen molar-refractivity contribution in [3.8, 4) is 17.1 Å². The molecule has 0 unspecified atom stereocenters. The van der Waals surface area contributed by atoms with Crippen LogP contribution in [0.2, 0.25) is 5.15 Å². The first-order chi connectivity index (χ1) is 6.81. The number of ether oxygens (including phenoxy) is 1. The average Bonchev–Trinajstić information content (AvgIpc) is 2.70. The van der Waals surface area contributed by atoms with Crippen molar-refractivity contribution in [3.05, 3.63) is 29.8 Å². The van der Waals surface area contributed by atoms with Crippen LogP contribution in [0.15, 0.2) is 24.7 Å². The Bertz CT molecular complexity index is 428. The van der Waals surface area contributed by atoms with Gasteiger partial charge in [0.1, 0.15) is 5.15 Å². The normalized spacial score (nSPS) is 10.1. The monoisotopic (exact) mass is 209 g/mol. The Balaban J connectivity index is 2.53. The van der Waals surface area contributed by atoms with Crippen molar-refractivity contribution in [3.63, 3.8) is 0 Å². The number of H-pyrrole nitrogens is 1. The number of rotatable bonds is 2. The lowest BCUT2D eigenvalue weighted by Crippen LogP contribution is -1.91. The number of hydrogen-bond acceptors (Lipinski definition) is 3. The molecule has 0 aromatic carbocycles. The second kappa shape index (κ2) is 3.67. The van der Waals surface area contributed by atoms with Crippen LogP contribution >= 0.6 is 11.6 Å². The molecule has 4 nitrogen and oxygen atoms in total. The van der Waals surface area contributed by atoms with E-state index in [1.54, 1.807) is 25.7 Å². The summed E-state index contributed by atoms with van der Waals surface area (Å²) in [6.45, 7) is 0. The SMILES string of the molecule is COc1nc(Cl)ccc1-c1cnc[nH]1. The van der Waals surface area contributed by atoms with Crippen LogP contribution in [0, 0.1) is 0 Å². The molecule has 14 heavy (non-hydrogen) atoms. The summed E-state index contributed by atoms with van der Waals surface area (Å²) in [5.74, 6) is 0.488. The van der Waals surface area contributed by atoms with Crippen molar-refractivity contribution in [2.45, 2.75) is 0 Å². The molecule has 2 rings (SSSR count). The fourth-order valence-corrected chi connectivity index (χ4v) is 1.32. The van der Waals surface area contributed by atoms with Crippen molar-refractivity contribution in [2.24, 2.45) is 0 Å². The predicted molar refractivity (Wildman–Crippen MR) is 53.4 cm³/mol. The molecule has 0 saturated heterocycles. The van der Waals surface area contributed by atoms with Crippen LogP contribution in [-0.2, 0) is 0 Å². The van der Waals surface area contributed by atoms with Crippen LogP contribution in [0.25, 0.3) is 11.3 Å². The third-order valence-corrected chi connectivity index (χ3v) is 2.02. The number of aromatic nitrogens is 3. The van der Waals surface area contributed by atoms with E-state index in [-0.39, 0.29) is 0 Å². The molecule has 2 heterocycles. The molecule has 0 amide bonds. The number of aromatic amines is 1. The van der Waals surface area contributed by atoms with Gasteiger partial charge in [-0.1, -0.05) is 11.6 Å². The van der Waals surface area contributed by atoms with E-state index in [0.717, 1.165) is 11.3 Å². The summed E-state index contributed by atoms with van der Waals surface area (Å²) in [6, 6.07) is 3.54. The van der Waals surface area contributed by atoms with Gasteiger partial charge in [-0.3, -0.25) is 0 Å². The zero-order chi connectivity index (χ0) is 9.97. The van der Waals surface area contributed by atoms with Crippen molar-refractivity contribution < 1.29 is 4.74 Å². The van der Waals surface area contributed by atoms with E-state index in [2.05, 4.69) is 15.0 Å². The summed E-state index contributed by atoms with van der Waals surface area (Å²) >= 11 is 5.74. The van der Waals surface area contributed by atoms with Crippen LogP contribution in [0.5, 0.6) is 5.88 Å². The third-order valence-electron chi connectivity index (χ3n) is 1.81. The number of halogens is 1. The highest BCUT2D eigenvalue weighted by atomic mass is 35.5. The molecule has 72 valence electrons. The van der Waals surface area contributed by atoms with E-state index in [1.165, 1.54) is 0 Å². The van der Waals surface area contributed by atoms with Gasteiger partial charge in [-0.15, -0.1) is 0 Å². The Morgan fingerprint density at radius 1 is 1.43 bits per heavy atom. The third kappa shape index (κ3) is 1.56.